The van der Waals surface area contributed by atoms with Crippen molar-refractivity contribution in [1.29, 1.82) is 0 Å². The molecule has 0 spiro atoms. The molecule has 0 N–H and O–H groups in total. The zero-order valence-corrected chi connectivity index (χ0v) is 8.24. The van der Waals surface area contributed by atoms with Gasteiger partial charge in [-0.05, 0) is 20.3 Å². The van der Waals surface area contributed by atoms with Crippen LogP contribution in [0.4, 0.5) is 0 Å². The molecule has 4 heteroatoms. The van der Waals surface area contributed by atoms with Gasteiger partial charge in [-0.15, -0.1) is 0 Å². The first-order valence-electron chi connectivity index (χ1n) is 4.59. The highest BCUT2D eigenvalue weighted by atomic mass is 16.6. The van der Waals surface area contributed by atoms with Crippen LogP contribution < -0.4 is 0 Å². The molecule has 0 saturated carbocycles. The molecule has 0 aromatic rings. The van der Waals surface area contributed by atoms with E-state index in [-0.39, 0.29) is 18.0 Å². The first-order chi connectivity index (χ1) is 6.20. The number of carbonyl (C=O) groups is 1. The van der Waals surface area contributed by atoms with E-state index in [1.807, 2.05) is 13.8 Å². The molecule has 1 rings (SSSR count). The maximum Gasteiger partial charge on any atom is 0.318 e. The number of ether oxygens (including phenoxy) is 1. The summed E-state index contributed by atoms with van der Waals surface area (Å²) in [4.78, 5) is 16.5. The average Bonchev–Trinajstić information content (AvgIpc) is 2.47. The molecule has 0 amide bonds. The summed E-state index contributed by atoms with van der Waals surface area (Å²) in [6.07, 6.45) is 0.544. The molecule has 0 fully saturated rings. The van der Waals surface area contributed by atoms with Crippen molar-refractivity contribution >= 4 is 11.7 Å². The Kier molecular flexibility index (Phi) is 3.28. The number of esters is 1. The Bertz CT molecular complexity index is 225. The topological polar surface area (TPSA) is 47.9 Å². The molecule has 0 bridgehead atoms. The summed E-state index contributed by atoms with van der Waals surface area (Å²) in [6, 6.07) is 0. The number of hydrogen-bond donors (Lipinski definition) is 0. The summed E-state index contributed by atoms with van der Waals surface area (Å²) in [5, 5.41) is 3.84. The van der Waals surface area contributed by atoms with Crippen LogP contribution in [0.15, 0.2) is 5.16 Å². The molecule has 2 atom stereocenters. The molecule has 0 aromatic heterocycles. The van der Waals surface area contributed by atoms with Crippen LogP contribution in [0.25, 0.3) is 0 Å². The lowest BCUT2D eigenvalue weighted by Gasteiger charge is -2.12. The fourth-order valence-corrected chi connectivity index (χ4v) is 1.38. The lowest BCUT2D eigenvalue weighted by Crippen LogP contribution is -2.30. The van der Waals surface area contributed by atoms with Crippen LogP contribution in [0.1, 0.15) is 27.2 Å². The molecule has 0 aromatic carbocycles. The Hall–Kier alpha value is -1.06. The van der Waals surface area contributed by atoms with Gasteiger partial charge in [0.25, 0.3) is 0 Å². The molecule has 0 radical (unpaired) electrons. The van der Waals surface area contributed by atoms with Crippen molar-refractivity contribution in [3.63, 3.8) is 0 Å². The number of oxime groups is 1. The average molecular weight is 185 g/mol. The SMILES string of the molecule is CCOC(=O)[C@H]1C(CC)=NOC1C. The van der Waals surface area contributed by atoms with Crippen molar-refractivity contribution < 1.29 is 14.4 Å². The third-order valence-corrected chi connectivity index (χ3v) is 2.07. The molecule has 4 nitrogen and oxygen atoms in total. The van der Waals surface area contributed by atoms with Gasteiger partial charge in [-0.25, -0.2) is 0 Å². The van der Waals surface area contributed by atoms with Crippen molar-refractivity contribution in [2.75, 3.05) is 6.61 Å². The van der Waals surface area contributed by atoms with Gasteiger partial charge in [-0.3, -0.25) is 4.79 Å². The second kappa shape index (κ2) is 4.25. The number of nitrogens with zero attached hydrogens (tertiary/aromatic N) is 1. The van der Waals surface area contributed by atoms with Crippen LogP contribution in [0.3, 0.4) is 0 Å². The fraction of sp³-hybridized carbons (Fsp3) is 0.778. The molecule has 0 saturated heterocycles. The normalized spacial score (nSPS) is 26.5. The van der Waals surface area contributed by atoms with Crippen molar-refractivity contribution in [1.82, 2.24) is 0 Å². The Balaban J connectivity index is 2.65. The third kappa shape index (κ3) is 1.99. The standard InChI is InChI=1S/C9H15NO3/c1-4-7-8(6(3)13-10-7)9(11)12-5-2/h6,8H,4-5H2,1-3H3/t6?,8-/m1/s1. The minimum atomic E-state index is -0.301. The van der Waals surface area contributed by atoms with Gasteiger partial charge in [0.15, 0.2) is 0 Å². The number of hydrogen-bond acceptors (Lipinski definition) is 4. The van der Waals surface area contributed by atoms with E-state index in [0.29, 0.717) is 6.61 Å². The van der Waals surface area contributed by atoms with Gasteiger partial charge in [0.05, 0.1) is 12.3 Å². The third-order valence-electron chi connectivity index (χ3n) is 2.07. The van der Waals surface area contributed by atoms with Crippen LogP contribution in [0.5, 0.6) is 0 Å². The molecule has 1 heterocycles. The Labute approximate surface area is 77.9 Å². The van der Waals surface area contributed by atoms with E-state index in [1.54, 1.807) is 6.92 Å². The van der Waals surface area contributed by atoms with Crippen LogP contribution >= 0.6 is 0 Å². The van der Waals surface area contributed by atoms with E-state index in [4.69, 9.17) is 9.57 Å². The first-order valence-corrected chi connectivity index (χ1v) is 4.59. The Morgan fingerprint density at radius 2 is 2.31 bits per heavy atom. The van der Waals surface area contributed by atoms with E-state index in [2.05, 4.69) is 5.16 Å². The van der Waals surface area contributed by atoms with Gasteiger partial charge in [0.1, 0.15) is 12.0 Å². The van der Waals surface area contributed by atoms with Gasteiger partial charge in [-0.1, -0.05) is 12.1 Å². The monoisotopic (exact) mass is 185 g/mol. The summed E-state index contributed by atoms with van der Waals surface area (Å²) in [5.74, 6) is -0.530. The molecule has 74 valence electrons. The predicted octanol–water partition coefficient (Wildman–Crippen LogP) is 1.35. The highest BCUT2D eigenvalue weighted by Crippen LogP contribution is 2.21. The largest absolute Gasteiger partial charge is 0.465 e. The number of carbonyl (C=O) groups excluding carboxylic acids is 1. The van der Waals surface area contributed by atoms with Crippen molar-refractivity contribution in [3.8, 4) is 0 Å². The van der Waals surface area contributed by atoms with Crippen molar-refractivity contribution in [3.05, 3.63) is 0 Å². The minimum absolute atomic E-state index is 0.186. The summed E-state index contributed by atoms with van der Waals surface area (Å²) < 4.78 is 4.93. The van der Waals surface area contributed by atoms with Gasteiger partial charge in [0, 0.05) is 0 Å². The Morgan fingerprint density at radius 3 is 2.85 bits per heavy atom. The lowest BCUT2D eigenvalue weighted by atomic mass is 9.97. The summed E-state index contributed by atoms with van der Waals surface area (Å²) in [5.41, 5.74) is 0.783. The van der Waals surface area contributed by atoms with E-state index in [0.717, 1.165) is 12.1 Å². The quantitative estimate of drug-likeness (QED) is 0.623. The molecule has 0 aliphatic carbocycles. The highest BCUT2D eigenvalue weighted by molar-refractivity contribution is 6.03. The van der Waals surface area contributed by atoms with Gasteiger partial charge >= 0.3 is 5.97 Å². The molecule has 1 unspecified atom stereocenters. The molecule has 1 aliphatic heterocycles. The summed E-state index contributed by atoms with van der Waals surface area (Å²) in [7, 11) is 0. The first kappa shape index (κ1) is 10.0. The number of rotatable bonds is 3. The van der Waals surface area contributed by atoms with Crippen LogP contribution in [0, 0.1) is 5.92 Å². The summed E-state index contributed by atoms with van der Waals surface area (Å²) >= 11 is 0. The van der Waals surface area contributed by atoms with Crippen molar-refractivity contribution in [2.24, 2.45) is 11.1 Å². The second-order valence-electron chi connectivity index (χ2n) is 2.98. The lowest BCUT2D eigenvalue weighted by molar-refractivity contribution is -0.148. The van der Waals surface area contributed by atoms with E-state index in [1.165, 1.54) is 0 Å². The zero-order valence-electron chi connectivity index (χ0n) is 8.24. The molecule has 13 heavy (non-hydrogen) atoms. The maximum absolute atomic E-state index is 11.4. The second-order valence-corrected chi connectivity index (χ2v) is 2.98. The Morgan fingerprint density at radius 1 is 1.62 bits per heavy atom. The van der Waals surface area contributed by atoms with Crippen molar-refractivity contribution in [2.45, 2.75) is 33.3 Å². The highest BCUT2D eigenvalue weighted by Gasteiger charge is 2.36. The van der Waals surface area contributed by atoms with Crippen LogP contribution in [-0.4, -0.2) is 24.4 Å². The van der Waals surface area contributed by atoms with E-state index >= 15 is 0 Å². The fourth-order valence-electron chi connectivity index (χ4n) is 1.38. The zero-order chi connectivity index (χ0) is 9.84. The molecule has 1 aliphatic rings. The summed E-state index contributed by atoms with van der Waals surface area (Å²) in [6.45, 7) is 5.97. The molecular weight excluding hydrogens is 170 g/mol. The van der Waals surface area contributed by atoms with E-state index in [9.17, 15) is 4.79 Å². The molecular formula is C9H15NO3. The van der Waals surface area contributed by atoms with Crippen LogP contribution in [0.2, 0.25) is 0 Å². The van der Waals surface area contributed by atoms with Gasteiger partial charge in [-0.2, -0.15) is 0 Å². The minimum Gasteiger partial charge on any atom is -0.465 e. The smallest absolute Gasteiger partial charge is 0.318 e. The van der Waals surface area contributed by atoms with E-state index < -0.39 is 0 Å². The van der Waals surface area contributed by atoms with Gasteiger partial charge < -0.3 is 9.57 Å². The van der Waals surface area contributed by atoms with Crippen LogP contribution in [-0.2, 0) is 14.4 Å². The predicted molar refractivity (Wildman–Crippen MR) is 48.4 cm³/mol. The maximum atomic E-state index is 11.4. The van der Waals surface area contributed by atoms with Gasteiger partial charge in [0.2, 0.25) is 0 Å².